The van der Waals surface area contributed by atoms with Gasteiger partial charge in [0.2, 0.25) is 0 Å². The van der Waals surface area contributed by atoms with E-state index in [1.54, 1.807) is 24.3 Å². The molecule has 0 radical (unpaired) electrons. The van der Waals surface area contributed by atoms with Gasteiger partial charge >= 0.3 is 0 Å². The van der Waals surface area contributed by atoms with Gasteiger partial charge in [-0.3, -0.25) is 4.72 Å². The third-order valence-corrected chi connectivity index (χ3v) is 4.28. The van der Waals surface area contributed by atoms with Gasteiger partial charge in [-0.1, -0.05) is 0 Å². The largest absolute Gasteiger partial charge is 0.491 e. The minimum atomic E-state index is -3.74. The summed E-state index contributed by atoms with van der Waals surface area (Å²) < 4.78 is 32.8. The molecule has 0 bridgehead atoms. The highest BCUT2D eigenvalue weighted by molar-refractivity contribution is 7.92. The maximum atomic E-state index is 12.4. The second-order valence-corrected chi connectivity index (χ2v) is 8.60. The summed E-state index contributed by atoms with van der Waals surface area (Å²) in [6.07, 6.45) is 0.0241. The Morgan fingerprint density at radius 1 is 0.960 bits per heavy atom. The smallest absolute Gasteiger partial charge is 0.263 e. The Morgan fingerprint density at radius 2 is 1.52 bits per heavy atom. The van der Waals surface area contributed by atoms with Crippen LogP contribution >= 0.6 is 0 Å². The Bertz CT molecular complexity index is 795. The zero-order chi connectivity index (χ0) is 18.7. The Kier molecular flexibility index (Phi) is 5.52. The molecule has 2 N–H and O–H groups in total. The molecule has 0 aliphatic heterocycles. The van der Waals surface area contributed by atoms with Crippen LogP contribution in [0.4, 0.5) is 11.6 Å². The van der Waals surface area contributed by atoms with Crippen LogP contribution in [0.2, 0.25) is 0 Å². The molecule has 0 fully saturated rings. The molecule has 0 atom stereocenters. The fourth-order valence-corrected chi connectivity index (χ4v) is 3.00. The number of nitrogens with one attached hydrogen (secondary N) is 2. The summed E-state index contributed by atoms with van der Waals surface area (Å²) >= 11 is 0. The van der Waals surface area contributed by atoms with Gasteiger partial charge in [0.15, 0.2) is 5.82 Å². The van der Waals surface area contributed by atoms with Gasteiger partial charge in [-0.25, -0.2) is 8.42 Å². The van der Waals surface area contributed by atoms with E-state index in [9.17, 15) is 8.42 Å². The van der Waals surface area contributed by atoms with Crippen molar-refractivity contribution in [2.45, 2.75) is 51.2 Å². The van der Waals surface area contributed by atoms with E-state index in [0.717, 1.165) is 0 Å². The molecule has 0 amide bonds. The fraction of sp³-hybridized carbons (Fsp3) is 0.412. The van der Waals surface area contributed by atoms with Crippen LogP contribution in [-0.2, 0) is 10.0 Å². The first kappa shape index (κ1) is 19.0. The van der Waals surface area contributed by atoms with Gasteiger partial charge in [0.1, 0.15) is 11.6 Å². The summed E-state index contributed by atoms with van der Waals surface area (Å²) in [7, 11) is -3.74. The van der Waals surface area contributed by atoms with Crippen molar-refractivity contribution in [3.8, 4) is 5.75 Å². The molecule has 2 aromatic rings. The van der Waals surface area contributed by atoms with Crippen LogP contribution in [0.1, 0.15) is 34.6 Å². The molecule has 25 heavy (non-hydrogen) atoms. The molecule has 0 saturated heterocycles. The lowest BCUT2D eigenvalue weighted by Gasteiger charge is -2.20. The molecule has 0 aliphatic rings. The van der Waals surface area contributed by atoms with Crippen LogP contribution in [0.15, 0.2) is 41.3 Å². The topological polar surface area (TPSA) is 93.2 Å². The van der Waals surface area contributed by atoms with Gasteiger partial charge in [-0.15, -0.1) is 10.2 Å². The third-order valence-electron chi connectivity index (χ3n) is 2.91. The molecular formula is C17H24N4O3S. The number of aromatic nitrogens is 2. The van der Waals surface area contributed by atoms with Crippen LogP contribution in [0.25, 0.3) is 0 Å². The van der Waals surface area contributed by atoms with Crippen molar-refractivity contribution in [3.63, 3.8) is 0 Å². The van der Waals surface area contributed by atoms with Crippen molar-refractivity contribution in [2.24, 2.45) is 0 Å². The highest BCUT2D eigenvalue weighted by atomic mass is 32.2. The monoisotopic (exact) mass is 364 g/mol. The van der Waals surface area contributed by atoms with Crippen molar-refractivity contribution in [2.75, 3.05) is 10.0 Å². The Morgan fingerprint density at radius 3 is 2.00 bits per heavy atom. The average molecular weight is 364 g/mol. The molecular weight excluding hydrogens is 340 g/mol. The molecule has 0 spiro atoms. The van der Waals surface area contributed by atoms with Gasteiger partial charge in [-0.2, -0.15) is 0 Å². The molecule has 8 heteroatoms. The lowest BCUT2D eigenvalue weighted by atomic mass is 10.1. The number of ether oxygens (including phenoxy) is 1. The third kappa shape index (κ3) is 5.90. The van der Waals surface area contributed by atoms with Crippen LogP contribution in [0.5, 0.6) is 5.75 Å². The van der Waals surface area contributed by atoms with Gasteiger partial charge < -0.3 is 10.1 Å². The zero-order valence-electron chi connectivity index (χ0n) is 15.1. The van der Waals surface area contributed by atoms with E-state index in [-0.39, 0.29) is 22.4 Å². The maximum Gasteiger partial charge on any atom is 0.263 e. The van der Waals surface area contributed by atoms with Crippen LogP contribution < -0.4 is 14.8 Å². The Balaban J connectivity index is 2.10. The first-order valence-electron chi connectivity index (χ1n) is 7.97. The van der Waals surface area contributed by atoms with E-state index in [1.165, 1.54) is 12.1 Å². The maximum absolute atomic E-state index is 12.4. The molecule has 0 aliphatic carbocycles. The van der Waals surface area contributed by atoms with Gasteiger partial charge in [0.05, 0.1) is 11.0 Å². The summed E-state index contributed by atoms with van der Waals surface area (Å²) in [6, 6.07) is 9.46. The quantitative estimate of drug-likeness (QED) is 0.817. The van der Waals surface area contributed by atoms with Gasteiger partial charge in [-0.05, 0) is 71.0 Å². The number of hydrogen-bond acceptors (Lipinski definition) is 6. The van der Waals surface area contributed by atoms with E-state index in [0.29, 0.717) is 11.6 Å². The van der Waals surface area contributed by atoms with Gasteiger partial charge in [0.25, 0.3) is 10.0 Å². The first-order valence-corrected chi connectivity index (χ1v) is 9.45. The molecule has 2 rings (SSSR count). The second-order valence-electron chi connectivity index (χ2n) is 6.92. The van der Waals surface area contributed by atoms with E-state index in [4.69, 9.17) is 4.74 Å². The van der Waals surface area contributed by atoms with Crippen LogP contribution in [0, 0.1) is 0 Å². The van der Waals surface area contributed by atoms with Crippen molar-refractivity contribution in [1.82, 2.24) is 10.2 Å². The zero-order valence-corrected chi connectivity index (χ0v) is 15.9. The Labute approximate surface area is 148 Å². The molecule has 0 saturated carbocycles. The molecule has 0 unspecified atom stereocenters. The second kappa shape index (κ2) is 7.26. The van der Waals surface area contributed by atoms with E-state index >= 15 is 0 Å². The molecule has 1 aromatic carbocycles. The summed E-state index contributed by atoms with van der Waals surface area (Å²) in [5.74, 6) is 1.35. The molecule has 1 aromatic heterocycles. The van der Waals surface area contributed by atoms with Crippen molar-refractivity contribution >= 4 is 21.7 Å². The van der Waals surface area contributed by atoms with Gasteiger partial charge in [0, 0.05) is 5.54 Å². The predicted molar refractivity (Wildman–Crippen MR) is 98.4 cm³/mol. The molecule has 136 valence electrons. The number of hydrogen-bond donors (Lipinski definition) is 2. The lowest BCUT2D eigenvalue weighted by molar-refractivity contribution is 0.242. The van der Waals surface area contributed by atoms with Crippen molar-refractivity contribution in [3.05, 3.63) is 36.4 Å². The number of anilines is 2. The number of nitrogens with zero attached hydrogens (tertiary/aromatic N) is 2. The first-order chi connectivity index (χ1) is 11.5. The lowest BCUT2D eigenvalue weighted by Crippen LogP contribution is -2.26. The number of rotatable bonds is 6. The van der Waals surface area contributed by atoms with Crippen molar-refractivity contribution in [1.29, 1.82) is 0 Å². The fourth-order valence-electron chi connectivity index (χ4n) is 2.00. The summed E-state index contributed by atoms with van der Waals surface area (Å²) in [6.45, 7) is 9.81. The number of benzene rings is 1. The van der Waals surface area contributed by atoms with E-state index in [1.807, 2.05) is 34.6 Å². The number of sulfonamides is 1. The normalized spacial score (nSPS) is 12.1. The SMILES string of the molecule is CC(C)Oc1ccc(S(=O)(=O)Nc2ccc(NC(C)(C)C)nn2)cc1. The summed E-state index contributed by atoms with van der Waals surface area (Å²) in [5.41, 5.74) is -0.157. The molecule has 1 heterocycles. The van der Waals surface area contributed by atoms with Crippen molar-refractivity contribution < 1.29 is 13.2 Å². The average Bonchev–Trinajstić information content (AvgIpc) is 2.47. The highest BCUT2D eigenvalue weighted by Crippen LogP contribution is 2.20. The Hall–Kier alpha value is -2.35. The summed E-state index contributed by atoms with van der Waals surface area (Å²) in [4.78, 5) is 0.127. The predicted octanol–water partition coefficient (Wildman–Crippen LogP) is 3.28. The minimum Gasteiger partial charge on any atom is -0.491 e. The standard InChI is InChI=1S/C17H24N4O3S/c1-12(2)24-13-6-8-14(9-7-13)25(22,23)21-16-11-10-15(19-20-16)18-17(3,4)5/h6-12H,1-5H3,(H,18,19)(H,20,21). The van der Waals surface area contributed by atoms with Crippen LogP contribution in [-0.4, -0.2) is 30.3 Å². The van der Waals surface area contributed by atoms with E-state index in [2.05, 4.69) is 20.2 Å². The van der Waals surface area contributed by atoms with Crippen LogP contribution in [0.3, 0.4) is 0 Å². The highest BCUT2D eigenvalue weighted by Gasteiger charge is 2.16. The van der Waals surface area contributed by atoms with E-state index < -0.39 is 10.0 Å². The summed E-state index contributed by atoms with van der Waals surface area (Å²) in [5, 5.41) is 11.0. The molecule has 7 nitrogen and oxygen atoms in total. The minimum absolute atomic E-state index is 0.0241.